The Kier molecular flexibility index (Phi) is 4.19. The monoisotopic (exact) mass is 342 g/mol. The zero-order chi connectivity index (χ0) is 17.9. The number of rotatable bonds is 4. The molecule has 0 bridgehead atoms. The lowest BCUT2D eigenvalue weighted by Gasteiger charge is -2.07. The highest BCUT2D eigenvalue weighted by molar-refractivity contribution is 6.04. The molecular weight excluding hydrogens is 324 g/mol. The largest absolute Gasteiger partial charge is 0.322 e. The molecule has 1 heterocycles. The highest BCUT2D eigenvalue weighted by Gasteiger charge is 2.08. The van der Waals surface area contributed by atoms with Gasteiger partial charge in [-0.15, -0.1) is 5.10 Å². The van der Waals surface area contributed by atoms with Gasteiger partial charge in [-0.3, -0.25) is 4.79 Å². The van der Waals surface area contributed by atoms with E-state index in [1.54, 1.807) is 0 Å². The van der Waals surface area contributed by atoms with Crippen LogP contribution in [0.25, 0.3) is 11.0 Å². The van der Waals surface area contributed by atoms with E-state index in [0.29, 0.717) is 12.1 Å². The van der Waals surface area contributed by atoms with Crippen molar-refractivity contribution in [1.82, 2.24) is 15.0 Å². The number of aryl methyl sites for hydroxylation is 1. The average molecular weight is 342 g/mol. The number of para-hydroxylation sites is 1. The van der Waals surface area contributed by atoms with Crippen molar-refractivity contribution in [3.63, 3.8) is 0 Å². The summed E-state index contributed by atoms with van der Waals surface area (Å²) in [5.74, 6) is -0.117. The molecule has 4 rings (SSSR count). The van der Waals surface area contributed by atoms with Gasteiger partial charge in [-0.1, -0.05) is 41.6 Å². The SMILES string of the molecule is Cc1cccc(NC(=O)c2ccc(Cn3nnc4ccccc43)cc2)c1. The number of fused-ring (bicyclic) bond motifs is 1. The number of hydrogen-bond donors (Lipinski definition) is 1. The van der Waals surface area contributed by atoms with E-state index in [9.17, 15) is 4.79 Å². The number of nitrogens with zero attached hydrogens (tertiary/aromatic N) is 3. The fourth-order valence-electron chi connectivity index (χ4n) is 2.89. The van der Waals surface area contributed by atoms with Crippen LogP contribution in [0.3, 0.4) is 0 Å². The lowest BCUT2D eigenvalue weighted by atomic mass is 10.1. The summed E-state index contributed by atoms with van der Waals surface area (Å²) in [5, 5.41) is 11.3. The van der Waals surface area contributed by atoms with E-state index >= 15 is 0 Å². The first kappa shape index (κ1) is 16.0. The smallest absolute Gasteiger partial charge is 0.255 e. The Morgan fingerprint density at radius 2 is 1.81 bits per heavy atom. The second-order valence-corrected chi connectivity index (χ2v) is 6.26. The second kappa shape index (κ2) is 6.80. The predicted molar refractivity (Wildman–Crippen MR) is 102 cm³/mol. The molecule has 4 aromatic rings. The zero-order valence-electron chi connectivity index (χ0n) is 14.4. The molecule has 1 aromatic heterocycles. The van der Waals surface area contributed by atoms with Crippen LogP contribution in [-0.2, 0) is 6.54 Å². The Labute approximate surface area is 151 Å². The fraction of sp³-hybridized carbons (Fsp3) is 0.0952. The third kappa shape index (κ3) is 3.32. The topological polar surface area (TPSA) is 59.8 Å². The first-order chi connectivity index (χ1) is 12.7. The molecule has 0 saturated heterocycles. The molecule has 5 heteroatoms. The van der Waals surface area contributed by atoms with Crippen molar-refractivity contribution in [3.8, 4) is 0 Å². The number of benzene rings is 3. The molecule has 1 N–H and O–H groups in total. The van der Waals surface area contributed by atoms with E-state index in [2.05, 4.69) is 15.6 Å². The quantitative estimate of drug-likeness (QED) is 0.609. The molecule has 0 fully saturated rings. The molecule has 0 unspecified atom stereocenters. The molecule has 3 aromatic carbocycles. The van der Waals surface area contributed by atoms with Crippen molar-refractivity contribution in [1.29, 1.82) is 0 Å². The van der Waals surface area contributed by atoms with Crippen LogP contribution >= 0.6 is 0 Å². The van der Waals surface area contributed by atoms with Gasteiger partial charge in [0.2, 0.25) is 0 Å². The highest BCUT2D eigenvalue weighted by atomic mass is 16.1. The highest BCUT2D eigenvalue weighted by Crippen LogP contribution is 2.14. The minimum Gasteiger partial charge on any atom is -0.322 e. The normalized spacial score (nSPS) is 10.8. The number of aromatic nitrogens is 3. The third-order valence-corrected chi connectivity index (χ3v) is 4.24. The van der Waals surface area contributed by atoms with Gasteiger partial charge in [-0.05, 0) is 54.4 Å². The summed E-state index contributed by atoms with van der Waals surface area (Å²) in [6.45, 7) is 2.61. The average Bonchev–Trinajstić information content (AvgIpc) is 3.05. The lowest BCUT2D eigenvalue weighted by molar-refractivity contribution is 0.102. The molecule has 0 aliphatic rings. The van der Waals surface area contributed by atoms with Gasteiger partial charge in [0.15, 0.2) is 0 Å². The van der Waals surface area contributed by atoms with Crippen LogP contribution in [0.5, 0.6) is 0 Å². The molecule has 128 valence electrons. The van der Waals surface area contributed by atoms with Gasteiger partial charge < -0.3 is 5.32 Å². The number of nitrogens with one attached hydrogen (secondary N) is 1. The summed E-state index contributed by atoms with van der Waals surface area (Å²) >= 11 is 0. The summed E-state index contributed by atoms with van der Waals surface area (Å²) < 4.78 is 1.86. The Hall–Kier alpha value is -3.47. The molecule has 1 amide bonds. The van der Waals surface area contributed by atoms with E-state index in [0.717, 1.165) is 27.8 Å². The molecular formula is C21H18N4O. The Bertz CT molecular complexity index is 1070. The van der Waals surface area contributed by atoms with E-state index in [4.69, 9.17) is 0 Å². The Balaban J connectivity index is 1.49. The maximum absolute atomic E-state index is 12.4. The van der Waals surface area contributed by atoms with E-state index in [-0.39, 0.29) is 5.91 Å². The number of hydrogen-bond acceptors (Lipinski definition) is 3. The number of carbonyl (C=O) groups excluding carboxylic acids is 1. The molecule has 0 atom stereocenters. The van der Waals surface area contributed by atoms with Gasteiger partial charge in [0.1, 0.15) is 5.52 Å². The summed E-state index contributed by atoms with van der Waals surface area (Å²) in [7, 11) is 0. The van der Waals surface area contributed by atoms with Crippen LogP contribution in [0.1, 0.15) is 21.5 Å². The third-order valence-electron chi connectivity index (χ3n) is 4.24. The van der Waals surface area contributed by atoms with E-state index < -0.39 is 0 Å². The zero-order valence-corrected chi connectivity index (χ0v) is 14.4. The summed E-state index contributed by atoms with van der Waals surface area (Å²) in [6.07, 6.45) is 0. The molecule has 5 nitrogen and oxygen atoms in total. The van der Waals surface area contributed by atoms with Crippen LogP contribution in [0.2, 0.25) is 0 Å². The number of carbonyl (C=O) groups is 1. The molecule has 0 aliphatic carbocycles. The molecule has 0 radical (unpaired) electrons. The number of amides is 1. The van der Waals surface area contributed by atoms with Crippen LogP contribution in [-0.4, -0.2) is 20.9 Å². The van der Waals surface area contributed by atoms with Gasteiger partial charge in [-0.2, -0.15) is 0 Å². The second-order valence-electron chi connectivity index (χ2n) is 6.26. The molecule has 0 saturated carbocycles. The molecule has 26 heavy (non-hydrogen) atoms. The van der Waals surface area contributed by atoms with E-state index in [1.165, 1.54) is 0 Å². The number of anilines is 1. The van der Waals surface area contributed by atoms with Gasteiger partial charge in [0, 0.05) is 11.3 Å². The lowest BCUT2D eigenvalue weighted by Crippen LogP contribution is -2.12. The minimum absolute atomic E-state index is 0.117. The van der Waals surface area contributed by atoms with Crippen LogP contribution in [0, 0.1) is 6.92 Å². The van der Waals surface area contributed by atoms with Crippen molar-refractivity contribution in [3.05, 3.63) is 89.5 Å². The molecule has 0 aliphatic heterocycles. The molecule has 0 spiro atoms. The van der Waals surface area contributed by atoms with Crippen molar-refractivity contribution >= 4 is 22.6 Å². The fourth-order valence-corrected chi connectivity index (χ4v) is 2.89. The predicted octanol–water partition coefficient (Wildman–Crippen LogP) is 4.04. The first-order valence-electron chi connectivity index (χ1n) is 8.44. The summed E-state index contributed by atoms with van der Waals surface area (Å²) in [5.41, 5.74) is 5.47. The van der Waals surface area contributed by atoms with Crippen molar-refractivity contribution in [2.24, 2.45) is 0 Å². The van der Waals surface area contributed by atoms with Gasteiger partial charge in [-0.25, -0.2) is 4.68 Å². The van der Waals surface area contributed by atoms with Crippen LogP contribution in [0.4, 0.5) is 5.69 Å². The minimum atomic E-state index is -0.117. The Morgan fingerprint density at radius 3 is 2.62 bits per heavy atom. The van der Waals surface area contributed by atoms with Crippen molar-refractivity contribution < 1.29 is 4.79 Å². The van der Waals surface area contributed by atoms with Gasteiger partial charge >= 0.3 is 0 Å². The van der Waals surface area contributed by atoms with Crippen molar-refractivity contribution in [2.45, 2.75) is 13.5 Å². The summed E-state index contributed by atoms with van der Waals surface area (Å²) in [6, 6.07) is 23.2. The maximum atomic E-state index is 12.4. The van der Waals surface area contributed by atoms with Gasteiger partial charge in [0.05, 0.1) is 12.1 Å². The van der Waals surface area contributed by atoms with Crippen LogP contribution in [0.15, 0.2) is 72.8 Å². The van der Waals surface area contributed by atoms with Crippen molar-refractivity contribution in [2.75, 3.05) is 5.32 Å². The maximum Gasteiger partial charge on any atom is 0.255 e. The van der Waals surface area contributed by atoms with Gasteiger partial charge in [0.25, 0.3) is 5.91 Å². The summed E-state index contributed by atoms with van der Waals surface area (Å²) in [4.78, 5) is 12.4. The first-order valence-corrected chi connectivity index (χ1v) is 8.44. The van der Waals surface area contributed by atoms with E-state index in [1.807, 2.05) is 84.4 Å². The van der Waals surface area contributed by atoms with Crippen LogP contribution < -0.4 is 5.32 Å². The standard InChI is InChI=1S/C21H18N4O/c1-15-5-4-6-18(13-15)22-21(26)17-11-9-16(10-12-17)14-25-20-8-3-2-7-19(20)23-24-25/h2-13H,14H2,1H3,(H,22,26). The Morgan fingerprint density at radius 1 is 1.00 bits per heavy atom.